The van der Waals surface area contributed by atoms with E-state index in [4.69, 9.17) is 0 Å². The van der Waals surface area contributed by atoms with Crippen LogP contribution in [-0.2, 0) is 13.1 Å². The van der Waals surface area contributed by atoms with Crippen LogP contribution in [0.4, 0.5) is 4.39 Å². The molecule has 0 aliphatic rings. The highest BCUT2D eigenvalue weighted by Crippen LogP contribution is 2.12. The monoisotopic (exact) mass is 450 g/mol. The summed E-state index contributed by atoms with van der Waals surface area (Å²) in [6.45, 7) is 6.56. The average molecular weight is 450 g/mol. The van der Waals surface area contributed by atoms with Gasteiger partial charge in [-0.25, -0.2) is 4.39 Å². The van der Waals surface area contributed by atoms with E-state index in [0.717, 1.165) is 30.9 Å². The molecule has 0 heterocycles. The molecule has 1 rings (SSSR count). The average Bonchev–Trinajstić information content (AvgIpc) is 2.53. The third-order valence-corrected chi connectivity index (χ3v) is 3.99. The predicted octanol–water partition coefficient (Wildman–Crippen LogP) is 3.61. The van der Waals surface area contributed by atoms with Gasteiger partial charge in [0.05, 0.1) is 0 Å². The van der Waals surface area contributed by atoms with Crippen LogP contribution >= 0.6 is 24.0 Å². The fourth-order valence-corrected chi connectivity index (χ4v) is 2.42. The quantitative estimate of drug-likeness (QED) is 0.361. The fourth-order valence-electron chi connectivity index (χ4n) is 2.42. The lowest BCUT2D eigenvalue weighted by Crippen LogP contribution is -2.39. The highest BCUT2D eigenvalue weighted by Gasteiger charge is 2.07. The minimum Gasteiger partial charge on any atom is -0.356 e. The van der Waals surface area contributed by atoms with E-state index < -0.39 is 0 Å². The number of nitrogens with one attached hydrogen (secondary N) is 2. The van der Waals surface area contributed by atoms with Crippen LogP contribution in [0.25, 0.3) is 0 Å². The Kier molecular flexibility index (Phi) is 12.0. The van der Waals surface area contributed by atoms with Gasteiger partial charge in [0, 0.05) is 32.2 Å². The molecule has 0 saturated heterocycles. The maximum Gasteiger partial charge on any atom is 0.191 e. The normalized spacial score (nSPS) is 11.6. The molecule has 0 atom stereocenters. The molecule has 0 aromatic heterocycles. The molecule has 0 unspecified atom stereocenters. The van der Waals surface area contributed by atoms with Gasteiger partial charge in [0.15, 0.2) is 5.96 Å². The summed E-state index contributed by atoms with van der Waals surface area (Å²) >= 11 is 0. The van der Waals surface area contributed by atoms with Crippen LogP contribution in [0, 0.1) is 11.7 Å². The Bertz CT molecular complexity index is 502. The van der Waals surface area contributed by atoms with Crippen molar-refractivity contribution >= 4 is 29.9 Å². The second-order valence-electron chi connectivity index (χ2n) is 6.15. The standard InChI is InChI=1S/C18H31FN4.HI/c1-6-14(7-2)11-21-18(20-3)22-12-15-8-9-17(19)16(10-15)13-23(4)5;/h8-10,14H,6-7,11-13H2,1-5H3,(H2,20,21,22);1H. The lowest BCUT2D eigenvalue weighted by Gasteiger charge is -2.17. The molecule has 0 amide bonds. The van der Waals surface area contributed by atoms with Gasteiger partial charge >= 0.3 is 0 Å². The van der Waals surface area contributed by atoms with Gasteiger partial charge in [0.1, 0.15) is 5.82 Å². The van der Waals surface area contributed by atoms with Crippen LogP contribution < -0.4 is 10.6 Å². The summed E-state index contributed by atoms with van der Waals surface area (Å²) in [5.41, 5.74) is 1.77. The van der Waals surface area contributed by atoms with Crippen LogP contribution in [0.2, 0.25) is 0 Å². The van der Waals surface area contributed by atoms with Gasteiger partial charge in [0.25, 0.3) is 0 Å². The van der Waals surface area contributed by atoms with Crippen molar-refractivity contribution in [1.82, 2.24) is 15.5 Å². The first-order valence-corrected chi connectivity index (χ1v) is 8.36. The highest BCUT2D eigenvalue weighted by molar-refractivity contribution is 14.0. The van der Waals surface area contributed by atoms with Crippen LogP contribution in [0.1, 0.15) is 37.8 Å². The van der Waals surface area contributed by atoms with E-state index in [9.17, 15) is 4.39 Å². The second kappa shape index (κ2) is 12.5. The van der Waals surface area contributed by atoms with Gasteiger partial charge in [-0.1, -0.05) is 32.8 Å². The number of nitrogens with zero attached hydrogens (tertiary/aromatic N) is 2. The summed E-state index contributed by atoms with van der Waals surface area (Å²) in [7, 11) is 5.65. The van der Waals surface area contributed by atoms with Crippen LogP contribution in [0.15, 0.2) is 23.2 Å². The van der Waals surface area contributed by atoms with Gasteiger partial charge in [-0.15, -0.1) is 24.0 Å². The van der Waals surface area contributed by atoms with Crippen molar-refractivity contribution < 1.29 is 4.39 Å². The summed E-state index contributed by atoms with van der Waals surface area (Å²) in [4.78, 5) is 6.21. The van der Waals surface area contributed by atoms with E-state index in [-0.39, 0.29) is 29.8 Å². The molecule has 0 bridgehead atoms. The Hall–Kier alpha value is -0.890. The minimum atomic E-state index is -0.154. The summed E-state index contributed by atoms with van der Waals surface area (Å²) in [6.07, 6.45) is 2.32. The third kappa shape index (κ3) is 8.28. The molecule has 0 aliphatic heterocycles. The number of aliphatic imine (C=N–C) groups is 1. The predicted molar refractivity (Wildman–Crippen MR) is 111 cm³/mol. The number of halogens is 2. The number of rotatable bonds is 8. The molecular formula is C18H32FIN4. The molecule has 0 spiro atoms. The molecule has 24 heavy (non-hydrogen) atoms. The van der Waals surface area contributed by atoms with E-state index in [1.54, 1.807) is 7.05 Å². The highest BCUT2D eigenvalue weighted by atomic mass is 127. The minimum absolute atomic E-state index is 0. The van der Waals surface area contributed by atoms with E-state index in [2.05, 4.69) is 29.5 Å². The molecule has 0 saturated carbocycles. The maximum atomic E-state index is 13.8. The van der Waals surface area contributed by atoms with Crippen LogP contribution in [0.3, 0.4) is 0 Å². The fraction of sp³-hybridized carbons (Fsp3) is 0.611. The van der Waals surface area contributed by atoms with Gasteiger partial charge < -0.3 is 15.5 Å². The zero-order valence-electron chi connectivity index (χ0n) is 15.5. The summed E-state index contributed by atoms with van der Waals surface area (Å²) in [6, 6.07) is 5.27. The first-order chi connectivity index (χ1) is 11.0. The van der Waals surface area contributed by atoms with E-state index in [0.29, 0.717) is 24.6 Å². The SMILES string of the molecule is CCC(CC)CNC(=NC)NCc1ccc(F)c(CN(C)C)c1.I. The van der Waals surface area contributed by atoms with Crippen LogP contribution in [-0.4, -0.2) is 38.5 Å². The number of benzene rings is 1. The molecule has 6 heteroatoms. The first kappa shape index (κ1) is 23.1. The molecule has 0 radical (unpaired) electrons. The molecule has 0 fully saturated rings. The zero-order chi connectivity index (χ0) is 17.2. The molecule has 0 aliphatic carbocycles. The number of hydrogen-bond donors (Lipinski definition) is 2. The Morgan fingerprint density at radius 3 is 2.42 bits per heavy atom. The van der Waals surface area contributed by atoms with Gasteiger partial charge in [0.2, 0.25) is 0 Å². The molecule has 138 valence electrons. The zero-order valence-corrected chi connectivity index (χ0v) is 17.9. The Labute approximate surface area is 163 Å². The van der Waals surface area contributed by atoms with Crippen molar-refractivity contribution in [1.29, 1.82) is 0 Å². The summed E-state index contributed by atoms with van der Waals surface area (Å²) in [5.74, 6) is 1.29. The van der Waals surface area contributed by atoms with Crippen molar-refractivity contribution in [3.63, 3.8) is 0 Å². The Morgan fingerprint density at radius 2 is 1.88 bits per heavy atom. The second-order valence-corrected chi connectivity index (χ2v) is 6.15. The van der Waals surface area contributed by atoms with Crippen molar-refractivity contribution in [2.45, 2.75) is 39.8 Å². The molecule has 1 aromatic rings. The number of hydrogen-bond acceptors (Lipinski definition) is 2. The van der Waals surface area contributed by atoms with Crippen molar-refractivity contribution in [2.24, 2.45) is 10.9 Å². The topological polar surface area (TPSA) is 39.7 Å². The van der Waals surface area contributed by atoms with Crippen molar-refractivity contribution in [3.05, 3.63) is 35.1 Å². The van der Waals surface area contributed by atoms with Crippen LogP contribution in [0.5, 0.6) is 0 Å². The van der Waals surface area contributed by atoms with E-state index in [1.807, 2.05) is 31.1 Å². The van der Waals surface area contributed by atoms with Gasteiger partial charge in [-0.3, -0.25) is 4.99 Å². The lowest BCUT2D eigenvalue weighted by molar-refractivity contribution is 0.392. The summed E-state index contributed by atoms with van der Waals surface area (Å²) in [5, 5.41) is 6.65. The lowest BCUT2D eigenvalue weighted by atomic mass is 10.0. The molecule has 2 N–H and O–H groups in total. The third-order valence-electron chi connectivity index (χ3n) is 3.99. The Balaban J connectivity index is 0.00000529. The maximum absolute atomic E-state index is 13.8. The van der Waals surface area contributed by atoms with E-state index in [1.165, 1.54) is 6.07 Å². The number of guanidine groups is 1. The molecule has 4 nitrogen and oxygen atoms in total. The van der Waals surface area contributed by atoms with E-state index >= 15 is 0 Å². The van der Waals surface area contributed by atoms with Gasteiger partial charge in [-0.2, -0.15) is 0 Å². The smallest absolute Gasteiger partial charge is 0.191 e. The van der Waals surface area contributed by atoms with Gasteiger partial charge in [-0.05, 0) is 37.7 Å². The molecule has 1 aromatic carbocycles. The summed E-state index contributed by atoms with van der Waals surface area (Å²) < 4.78 is 13.8. The molecular weight excluding hydrogens is 418 g/mol. The Morgan fingerprint density at radius 1 is 1.21 bits per heavy atom. The first-order valence-electron chi connectivity index (χ1n) is 8.36. The van der Waals surface area contributed by atoms with Crippen molar-refractivity contribution in [3.8, 4) is 0 Å². The van der Waals surface area contributed by atoms with Crippen molar-refractivity contribution in [2.75, 3.05) is 27.7 Å². The largest absolute Gasteiger partial charge is 0.356 e.